The first kappa shape index (κ1) is 16.1. The van der Waals surface area contributed by atoms with E-state index in [1.807, 2.05) is 23.5 Å². The fourth-order valence-electron chi connectivity index (χ4n) is 3.72. The van der Waals surface area contributed by atoms with Gasteiger partial charge in [0, 0.05) is 57.9 Å². The van der Waals surface area contributed by atoms with Crippen LogP contribution in [-0.4, -0.2) is 56.8 Å². The van der Waals surface area contributed by atoms with Gasteiger partial charge in [-0.15, -0.1) is 0 Å². The molecule has 1 atom stereocenters. The molecule has 0 radical (unpaired) electrons. The lowest BCUT2D eigenvalue weighted by Crippen LogP contribution is -2.45. The summed E-state index contributed by atoms with van der Waals surface area (Å²) in [5.74, 6) is 0. The Morgan fingerprint density at radius 2 is 1.96 bits per heavy atom. The SMILES string of the molecule is O=C(NCC1CN(Cc2ccncc2)Cc2ccnn21)N1CCCC1. The minimum absolute atomic E-state index is 0.0532. The van der Waals surface area contributed by atoms with E-state index in [9.17, 15) is 4.79 Å². The first-order chi connectivity index (χ1) is 12.3. The largest absolute Gasteiger partial charge is 0.336 e. The molecule has 1 saturated heterocycles. The second-order valence-corrected chi connectivity index (χ2v) is 6.83. The van der Waals surface area contributed by atoms with E-state index in [1.165, 1.54) is 11.3 Å². The Kier molecular flexibility index (Phi) is 4.65. The van der Waals surface area contributed by atoms with E-state index < -0.39 is 0 Å². The number of hydrogen-bond acceptors (Lipinski definition) is 4. The fraction of sp³-hybridized carbons (Fsp3) is 0.500. The third-order valence-corrected chi connectivity index (χ3v) is 4.99. The second kappa shape index (κ2) is 7.23. The first-order valence-electron chi connectivity index (χ1n) is 8.96. The van der Waals surface area contributed by atoms with Crippen molar-refractivity contribution >= 4 is 6.03 Å². The molecule has 4 heterocycles. The van der Waals surface area contributed by atoms with Gasteiger partial charge in [-0.3, -0.25) is 14.6 Å². The Labute approximate surface area is 147 Å². The summed E-state index contributed by atoms with van der Waals surface area (Å²) < 4.78 is 2.06. The minimum Gasteiger partial charge on any atom is -0.336 e. The van der Waals surface area contributed by atoms with Gasteiger partial charge >= 0.3 is 6.03 Å². The van der Waals surface area contributed by atoms with Crippen molar-refractivity contribution in [2.24, 2.45) is 0 Å². The molecule has 0 bridgehead atoms. The van der Waals surface area contributed by atoms with Gasteiger partial charge in [0.1, 0.15) is 0 Å². The quantitative estimate of drug-likeness (QED) is 0.919. The molecule has 0 saturated carbocycles. The lowest BCUT2D eigenvalue weighted by Gasteiger charge is -2.34. The van der Waals surface area contributed by atoms with Crippen molar-refractivity contribution < 1.29 is 4.79 Å². The molecule has 0 aromatic carbocycles. The summed E-state index contributed by atoms with van der Waals surface area (Å²) in [5, 5.41) is 7.57. The Hall–Kier alpha value is -2.41. The Morgan fingerprint density at radius 1 is 1.16 bits per heavy atom. The number of likely N-dealkylation sites (tertiary alicyclic amines) is 1. The molecule has 2 aromatic heterocycles. The Morgan fingerprint density at radius 3 is 2.76 bits per heavy atom. The molecule has 132 valence electrons. The standard InChI is InChI=1S/C18H24N6O/c25-18(23-9-1-2-10-23)20-11-17-14-22(12-15-3-6-19-7-4-15)13-16-5-8-21-24(16)17/h3-8,17H,1-2,9-14H2,(H,20,25). The average molecular weight is 340 g/mol. The summed E-state index contributed by atoms with van der Waals surface area (Å²) in [5.41, 5.74) is 2.45. The third kappa shape index (κ3) is 3.66. The van der Waals surface area contributed by atoms with Crippen LogP contribution < -0.4 is 5.32 Å². The van der Waals surface area contributed by atoms with Crippen molar-refractivity contribution in [1.29, 1.82) is 0 Å². The lowest BCUT2D eigenvalue weighted by molar-refractivity contribution is 0.161. The molecule has 1 fully saturated rings. The zero-order chi connectivity index (χ0) is 17.1. The first-order valence-corrected chi connectivity index (χ1v) is 8.96. The van der Waals surface area contributed by atoms with Crippen LogP contribution in [0.2, 0.25) is 0 Å². The van der Waals surface area contributed by atoms with Gasteiger partial charge in [-0.2, -0.15) is 5.10 Å². The summed E-state index contributed by atoms with van der Waals surface area (Å²) in [6.45, 7) is 4.98. The smallest absolute Gasteiger partial charge is 0.317 e. The minimum atomic E-state index is 0.0532. The number of hydrogen-bond donors (Lipinski definition) is 1. The van der Waals surface area contributed by atoms with Gasteiger partial charge in [-0.05, 0) is 36.6 Å². The average Bonchev–Trinajstić information content (AvgIpc) is 3.32. The molecule has 0 spiro atoms. The molecular formula is C18H24N6O. The van der Waals surface area contributed by atoms with E-state index in [1.54, 1.807) is 0 Å². The fourth-order valence-corrected chi connectivity index (χ4v) is 3.72. The molecule has 1 unspecified atom stereocenters. The maximum absolute atomic E-state index is 12.3. The number of fused-ring (bicyclic) bond motifs is 1. The van der Waals surface area contributed by atoms with Crippen LogP contribution in [0.3, 0.4) is 0 Å². The van der Waals surface area contributed by atoms with Crippen molar-refractivity contribution in [1.82, 2.24) is 29.9 Å². The van der Waals surface area contributed by atoms with Crippen molar-refractivity contribution in [3.05, 3.63) is 48.0 Å². The van der Waals surface area contributed by atoms with Gasteiger partial charge < -0.3 is 10.2 Å². The van der Waals surface area contributed by atoms with Gasteiger partial charge in [0.2, 0.25) is 0 Å². The highest BCUT2D eigenvalue weighted by Gasteiger charge is 2.27. The van der Waals surface area contributed by atoms with Gasteiger partial charge in [-0.25, -0.2) is 4.79 Å². The lowest BCUT2D eigenvalue weighted by atomic mass is 10.1. The van der Waals surface area contributed by atoms with Crippen LogP contribution in [0.5, 0.6) is 0 Å². The molecular weight excluding hydrogens is 316 g/mol. The van der Waals surface area contributed by atoms with Gasteiger partial charge in [0.15, 0.2) is 0 Å². The van der Waals surface area contributed by atoms with Crippen LogP contribution in [0.15, 0.2) is 36.8 Å². The molecule has 2 amide bonds. The van der Waals surface area contributed by atoms with E-state index in [0.717, 1.165) is 45.6 Å². The number of carbonyl (C=O) groups excluding carboxylic acids is 1. The van der Waals surface area contributed by atoms with Crippen molar-refractivity contribution in [2.75, 3.05) is 26.2 Å². The second-order valence-electron chi connectivity index (χ2n) is 6.83. The van der Waals surface area contributed by atoms with E-state index in [0.29, 0.717) is 6.54 Å². The number of pyridine rings is 1. The van der Waals surface area contributed by atoms with Crippen LogP contribution in [0.4, 0.5) is 4.79 Å². The van der Waals surface area contributed by atoms with Gasteiger partial charge in [0.25, 0.3) is 0 Å². The van der Waals surface area contributed by atoms with E-state index in [-0.39, 0.29) is 12.1 Å². The summed E-state index contributed by atoms with van der Waals surface area (Å²) in [4.78, 5) is 20.7. The summed E-state index contributed by atoms with van der Waals surface area (Å²) in [6.07, 6.45) is 7.73. The van der Waals surface area contributed by atoms with Crippen molar-refractivity contribution in [2.45, 2.75) is 32.0 Å². The molecule has 0 aliphatic carbocycles. The Balaban J connectivity index is 1.41. The zero-order valence-corrected chi connectivity index (χ0v) is 14.3. The number of urea groups is 1. The highest BCUT2D eigenvalue weighted by atomic mass is 16.2. The number of amides is 2. The van der Waals surface area contributed by atoms with Crippen LogP contribution in [0, 0.1) is 0 Å². The molecule has 2 aliphatic rings. The summed E-state index contributed by atoms with van der Waals surface area (Å²) in [6, 6.07) is 6.38. The van der Waals surface area contributed by atoms with Crippen LogP contribution in [-0.2, 0) is 13.1 Å². The summed E-state index contributed by atoms with van der Waals surface area (Å²) in [7, 11) is 0. The predicted molar refractivity (Wildman–Crippen MR) is 93.8 cm³/mol. The zero-order valence-electron chi connectivity index (χ0n) is 14.3. The molecule has 25 heavy (non-hydrogen) atoms. The molecule has 2 aromatic rings. The highest BCUT2D eigenvalue weighted by molar-refractivity contribution is 5.74. The van der Waals surface area contributed by atoms with E-state index >= 15 is 0 Å². The number of carbonyl (C=O) groups is 1. The molecule has 7 nitrogen and oxygen atoms in total. The molecule has 4 rings (SSSR count). The normalized spacial score (nSPS) is 20.5. The van der Waals surface area contributed by atoms with Crippen LogP contribution in [0.1, 0.15) is 30.1 Å². The molecule has 1 N–H and O–H groups in total. The van der Waals surface area contributed by atoms with E-state index in [2.05, 4.69) is 43.2 Å². The molecule has 2 aliphatic heterocycles. The third-order valence-electron chi connectivity index (χ3n) is 4.99. The van der Waals surface area contributed by atoms with Gasteiger partial charge in [0.05, 0.1) is 11.7 Å². The van der Waals surface area contributed by atoms with E-state index in [4.69, 9.17) is 0 Å². The van der Waals surface area contributed by atoms with Gasteiger partial charge in [-0.1, -0.05) is 0 Å². The monoisotopic (exact) mass is 340 g/mol. The maximum atomic E-state index is 12.3. The number of rotatable bonds is 4. The summed E-state index contributed by atoms with van der Waals surface area (Å²) >= 11 is 0. The van der Waals surface area contributed by atoms with Crippen LogP contribution in [0.25, 0.3) is 0 Å². The Bertz CT molecular complexity index is 709. The topological polar surface area (TPSA) is 66.3 Å². The predicted octanol–water partition coefficient (Wildman–Crippen LogP) is 1.64. The highest BCUT2D eigenvalue weighted by Crippen LogP contribution is 2.21. The van der Waals surface area contributed by atoms with Crippen LogP contribution >= 0.6 is 0 Å². The van der Waals surface area contributed by atoms with Crippen molar-refractivity contribution in [3.63, 3.8) is 0 Å². The number of aromatic nitrogens is 3. The molecule has 7 heteroatoms. The number of nitrogens with one attached hydrogen (secondary N) is 1. The van der Waals surface area contributed by atoms with Crippen molar-refractivity contribution in [3.8, 4) is 0 Å². The maximum Gasteiger partial charge on any atom is 0.317 e. The number of nitrogens with zero attached hydrogens (tertiary/aromatic N) is 5.